The first-order chi connectivity index (χ1) is 12.0. The molecule has 2 aliphatic heterocycles. The minimum atomic E-state index is -0.227. The van der Waals surface area contributed by atoms with Gasteiger partial charge in [0.05, 0.1) is 12.7 Å². The van der Waals surface area contributed by atoms with Crippen LogP contribution in [0, 0.1) is 11.7 Å². The van der Waals surface area contributed by atoms with E-state index >= 15 is 0 Å². The maximum Gasteiger partial charge on any atom is 0.222 e. The molecule has 0 bridgehead atoms. The van der Waals surface area contributed by atoms with Crippen LogP contribution in [0.3, 0.4) is 0 Å². The smallest absolute Gasteiger partial charge is 0.222 e. The van der Waals surface area contributed by atoms with Crippen molar-refractivity contribution in [3.8, 4) is 0 Å². The van der Waals surface area contributed by atoms with Gasteiger partial charge < -0.3 is 9.64 Å². The van der Waals surface area contributed by atoms with Crippen LogP contribution in [-0.2, 0) is 16.0 Å². The van der Waals surface area contributed by atoms with Crippen LogP contribution < -0.4 is 0 Å². The number of benzene rings is 1. The van der Waals surface area contributed by atoms with Crippen LogP contribution in [0.4, 0.5) is 4.39 Å². The minimum Gasteiger partial charge on any atom is -0.375 e. The molecule has 2 atom stereocenters. The highest BCUT2D eigenvalue weighted by molar-refractivity contribution is 5.76. The molecule has 138 valence electrons. The van der Waals surface area contributed by atoms with E-state index in [9.17, 15) is 9.18 Å². The van der Waals surface area contributed by atoms with Crippen molar-refractivity contribution in [2.45, 2.75) is 45.3 Å². The summed E-state index contributed by atoms with van der Waals surface area (Å²) in [5, 5.41) is 0. The number of fused-ring (bicyclic) bond motifs is 1. The molecule has 1 aromatic rings. The maximum atomic E-state index is 13.7. The monoisotopic (exact) mass is 348 g/mol. The lowest BCUT2D eigenvalue weighted by Gasteiger charge is -2.38. The second kappa shape index (κ2) is 8.28. The van der Waals surface area contributed by atoms with Crippen LogP contribution in [0.15, 0.2) is 24.3 Å². The number of ether oxygens (including phenoxy) is 1. The number of amides is 1. The van der Waals surface area contributed by atoms with Gasteiger partial charge in [-0.1, -0.05) is 18.2 Å². The Morgan fingerprint density at radius 3 is 2.84 bits per heavy atom. The third kappa shape index (κ3) is 4.59. The zero-order chi connectivity index (χ0) is 17.8. The number of hydrogen-bond donors (Lipinski definition) is 0. The average Bonchev–Trinajstić information content (AvgIpc) is 2.82. The Labute approximate surface area is 149 Å². The minimum absolute atomic E-state index is 0.107. The first-order valence-corrected chi connectivity index (χ1v) is 9.41. The van der Waals surface area contributed by atoms with E-state index in [1.165, 1.54) is 6.07 Å². The number of halogens is 1. The van der Waals surface area contributed by atoms with Gasteiger partial charge >= 0.3 is 0 Å². The molecule has 0 N–H and O–H groups in total. The van der Waals surface area contributed by atoms with E-state index in [2.05, 4.69) is 18.7 Å². The van der Waals surface area contributed by atoms with Gasteiger partial charge in [0.2, 0.25) is 5.91 Å². The topological polar surface area (TPSA) is 32.8 Å². The molecule has 5 heteroatoms. The molecule has 0 aliphatic carbocycles. The van der Waals surface area contributed by atoms with Crippen LogP contribution >= 0.6 is 0 Å². The molecule has 1 amide bonds. The molecule has 0 spiro atoms. The van der Waals surface area contributed by atoms with E-state index in [0.29, 0.717) is 36.9 Å². The summed E-state index contributed by atoms with van der Waals surface area (Å²) in [4.78, 5) is 16.9. The van der Waals surface area contributed by atoms with Crippen LogP contribution in [0.1, 0.15) is 32.3 Å². The van der Waals surface area contributed by atoms with Crippen molar-refractivity contribution in [1.82, 2.24) is 9.80 Å². The molecular weight excluding hydrogens is 319 g/mol. The molecule has 1 aromatic carbocycles. The van der Waals surface area contributed by atoms with Gasteiger partial charge in [-0.25, -0.2) is 4.39 Å². The van der Waals surface area contributed by atoms with Gasteiger partial charge in [-0.3, -0.25) is 9.69 Å². The van der Waals surface area contributed by atoms with Gasteiger partial charge in [0.1, 0.15) is 5.82 Å². The molecular formula is C20H29FN2O2. The number of carbonyl (C=O) groups excluding carboxylic acids is 1. The van der Waals surface area contributed by atoms with E-state index in [1.807, 2.05) is 11.0 Å². The van der Waals surface area contributed by atoms with Crippen LogP contribution in [0.25, 0.3) is 0 Å². The van der Waals surface area contributed by atoms with E-state index < -0.39 is 0 Å². The summed E-state index contributed by atoms with van der Waals surface area (Å²) in [5.74, 6) is 0.380. The first kappa shape index (κ1) is 18.3. The standard InChI is InChI=1S/C20H29FN2O2/c1-15(2)22-11-12-25-19-14-23(10-9-17(19)13-22)20(24)8-7-16-5-3-4-6-18(16)21/h3-6,15,17,19H,7-14H2,1-2H3. The zero-order valence-electron chi connectivity index (χ0n) is 15.3. The summed E-state index contributed by atoms with van der Waals surface area (Å²) in [5.41, 5.74) is 0.615. The number of likely N-dealkylation sites (tertiary alicyclic amines) is 1. The lowest BCUT2D eigenvalue weighted by Crippen LogP contribution is -2.49. The average molecular weight is 348 g/mol. The maximum absolute atomic E-state index is 13.7. The number of nitrogens with zero attached hydrogens (tertiary/aromatic N) is 2. The van der Waals surface area contributed by atoms with Crippen LogP contribution in [0.2, 0.25) is 0 Å². The number of hydrogen-bond acceptors (Lipinski definition) is 3. The van der Waals surface area contributed by atoms with Crippen molar-refractivity contribution in [2.75, 3.05) is 32.8 Å². The molecule has 2 saturated heterocycles. The first-order valence-electron chi connectivity index (χ1n) is 9.41. The summed E-state index contributed by atoms with van der Waals surface area (Å²) >= 11 is 0. The summed E-state index contributed by atoms with van der Waals surface area (Å²) in [6.07, 6.45) is 1.93. The molecule has 3 rings (SSSR count). The van der Waals surface area contributed by atoms with Gasteiger partial charge in [0, 0.05) is 44.6 Å². The Morgan fingerprint density at radius 2 is 2.08 bits per heavy atom. The summed E-state index contributed by atoms with van der Waals surface area (Å²) < 4.78 is 19.8. The quantitative estimate of drug-likeness (QED) is 0.839. The fourth-order valence-electron chi connectivity index (χ4n) is 3.87. The fourth-order valence-corrected chi connectivity index (χ4v) is 3.87. The molecule has 0 saturated carbocycles. The van der Waals surface area contributed by atoms with E-state index in [4.69, 9.17) is 4.74 Å². The van der Waals surface area contributed by atoms with Crippen LogP contribution in [-0.4, -0.2) is 60.6 Å². The van der Waals surface area contributed by atoms with Crippen molar-refractivity contribution >= 4 is 5.91 Å². The molecule has 0 radical (unpaired) electrons. The highest BCUT2D eigenvalue weighted by Crippen LogP contribution is 2.25. The fraction of sp³-hybridized carbons (Fsp3) is 0.650. The van der Waals surface area contributed by atoms with E-state index in [-0.39, 0.29) is 17.8 Å². The molecule has 2 fully saturated rings. The van der Waals surface area contributed by atoms with Crippen molar-refractivity contribution in [3.05, 3.63) is 35.6 Å². The molecule has 4 nitrogen and oxygen atoms in total. The second-order valence-electron chi connectivity index (χ2n) is 7.48. The van der Waals surface area contributed by atoms with Crippen molar-refractivity contribution < 1.29 is 13.9 Å². The Balaban J connectivity index is 1.53. The molecule has 25 heavy (non-hydrogen) atoms. The van der Waals surface area contributed by atoms with Gasteiger partial charge in [-0.05, 0) is 38.3 Å². The summed E-state index contributed by atoms with van der Waals surface area (Å²) in [6, 6.07) is 7.22. The summed E-state index contributed by atoms with van der Waals surface area (Å²) in [6.45, 7) is 8.66. The normalized spacial score (nSPS) is 24.9. The molecule has 2 aliphatic rings. The van der Waals surface area contributed by atoms with E-state index in [0.717, 1.165) is 32.7 Å². The van der Waals surface area contributed by atoms with Gasteiger partial charge in [0.25, 0.3) is 0 Å². The lowest BCUT2D eigenvalue weighted by molar-refractivity contribution is -0.136. The zero-order valence-corrected chi connectivity index (χ0v) is 15.3. The molecule has 0 aromatic heterocycles. The van der Waals surface area contributed by atoms with E-state index in [1.54, 1.807) is 12.1 Å². The third-order valence-electron chi connectivity index (χ3n) is 5.52. The SMILES string of the molecule is CC(C)N1CCOC2CN(C(=O)CCc3ccccc3F)CCC2C1. The predicted molar refractivity (Wildman–Crippen MR) is 95.9 cm³/mol. The summed E-state index contributed by atoms with van der Waals surface area (Å²) in [7, 11) is 0. The highest BCUT2D eigenvalue weighted by atomic mass is 19.1. The Hall–Kier alpha value is -1.46. The van der Waals surface area contributed by atoms with Crippen molar-refractivity contribution in [3.63, 3.8) is 0 Å². The second-order valence-corrected chi connectivity index (χ2v) is 7.48. The van der Waals surface area contributed by atoms with Crippen molar-refractivity contribution in [2.24, 2.45) is 5.92 Å². The number of piperidine rings is 1. The Morgan fingerprint density at radius 1 is 1.28 bits per heavy atom. The Kier molecular flexibility index (Phi) is 6.07. The van der Waals surface area contributed by atoms with Gasteiger partial charge in [0.15, 0.2) is 0 Å². The highest BCUT2D eigenvalue weighted by Gasteiger charge is 2.35. The largest absolute Gasteiger partial charge is 0.375 e. The van der Waals surface area contributed by atoms with Crippen LogP contribution in [0.5, 0.6) is 0 Å². The number of aryl methyl sites for hydroxylation is 1. The molecule has 2 unspecified atom stereocenters. The predicted octanol–water partition coefficient (Wildman–Crippen LogP) is 2.72. The van der Waals surface area contributed by atoms with Gasteiger partial charge in [-0.15, -0.1) is 0 Å². The molecule has 2 heterocycles. The number of carbonyl (C=O) groups is 1. The number of rotatable bonds is 4. The van der Waals surface area contributed by atoms with Gasteiger partial charge in [-0.2, -0.15) is 0 Å². The Bertz CT molecular complexity index is 593. The van der Waals surface area contributed by atoms with Crippen molar-refractivity contribution in [1.29, 1.82) is 0 Å². The third-order valence-corrected chi connectivity index (χ3v) is 5.52. The lowest BCUT2D eigenvalue weighted by atomic mass is 9.92.